The number of benzene rings is 2. The van der Waals surface area contributed by atoms with Gasteiger partial charge in [0.15, 0.2) is 0 Å². The van der Waals surface area contributed by atoms with Gasteiger partial charge in [0.2, 0.25) is 0 Å². The Morgan fingerprint density at radius 2 is 1.84 bits per heavy atom. The fourth-order valence-electron chi connectivity index (χ4n) is 4.61. The van der Waals surface area contributed by atoms with E-state index in [-0.39, 0.29) is 11.9 Å². The topological polar surface area (TPSA) is 6.48 Å². The lowest BCUT2D eigenvalue weighted by Gasteiger charge is -2.26. The Bertz CT molecular complexity index is 759. The van der Waals surface area contributed by atoms with Gasteiger partial charge in [-0.25, -0.2) is 4.39 Å². The Hall–Kier alpha value is -1.42. The van der Waals surface area contributed by atoms with Crippen LogP contribution in [0, 0.1) is 5.82 Å². The average Bonchev–Trinajstić information content (AvgIpc) is 3.20. The molecule has 0 bridgehead atoms. The van der Waals surface area contributed by atoms with Crippen molar-refractivity contribution in [3.63, 3.8) is 0 Å². The molecule has 132 valence electrons. The second kappa shape index (κ2) is 6.71. The minimum absolute atomic E-state index is 0.0451. The van der Waals surface area contributed by atoms with E-state index in [0.717, 1.165) is 36.5 Å². The Morgan fingerprint density at radius 3 is 2.56 bits per heavy atom. The summed E-state index contributed by atoms with van der Waals surface area (Å²) < 4.78 is 14.5. The molecule has 3 atom stereocenters. The van der Waals surface area contributed by atoms with Crippen LogP contribution in [0.15, 0.2) is 42.5 Å². The summed E-state index contributed by atoms with van der Waals surface area (Å²) in [7, 11) is 4.28. The maximum Gasteiger partial charge on any atom is 0.128 e. The molecular weight excluding hydrogens is 335 g/mol. The number of fused-ring (bicyclic) bond motifs is 1. The van der Waals surface area contributed by atoms with E-state index in [2.05, 4.69) is 42.1 Å². The van der Waals surface area contributed by atoms with Crippen molar-refractivity contribution in [3.8, 4) is 0 Å². The predicted octanol–water partition coefficient (Wildman–Crippen LogP) is 4.50. The van der Waals surface area contributed by atoms with Crippen molar-refractivity contribution in [1.29, 1.82) is 0 Å². The third-order valence-electron chi connectivity index (χ3n) is 5.88. The highest BCUT2D eigenvalue weighted by Gasteiger charge is 2.41. The zero-order valence-electron chi connectivity index (χ0n) is 14.8. The number of aryl methyl sites for hydroxylation is 1. The van der Waals surface area contributed by atoms with Gasteiger partial charge in [-0.1, -0.05) is 35.9 Å². The summed E-state index contributed by atoms with van der Waals surface area (Å²) in [4.78, 5) is 4.79. The van der Waals surface area contributed by atoms with E-state index in [0.29, 0.717) is 12.0 Å². The quantitative estimate of drug-likeness (QED) is 0.797. The number of halogens is 2. The van der Waals surface area contributed by atoms with Crippen molar-refractivity contribution in [2.24, 2.45) is 0 Å². The lowest BCUT2D eigenvalue weighted by molar-refractivity contribution is 0.213. The number of likely N-dealkylation sites (tertiary alicyclic amines) is 1. The van der Waals surface area contributed by atoms with Crippen LogP contribution in [-0.2, 0) is 6.42 Å². The van der Waals surface area contributed by atoms with E-state index in [1.807, 2.05) is 18.2 Å². The smallest absolute Gasteiger partial charge is 0.128 e. The lowest BCUT2D eigenvalue weighted by atomic mass is 9.94. The largest absolute Gasteiger partial charge is 0.305 e. The number of hydrogen-bond acceptors (Lipinski definition) is 2. The molecule has 2 aromatic carbocycles. The highest BCUT2D eigenvalue weighted by atomic mass is 35.5. The van der Waals surface area contributed by atoms with E-state index in [1.165, 1.54) is 11.1 Å². The summed E-state index contributed by atoms with van der Waals surface area (Å²) in [5.41, 5.74) is 3.43. The summed E-state index contributed by atoms with van der Waals surface area (Å²) in [6, 6.07) is 14.4. The van der Waals surface area contributed by atoms with Gasteiger partial charge in [0.25, 0.3) is 0 Å². The fourth-order valence-corrected chi connectivity index (χ4v) is 4.73. The monoisotopic (exact) mass is 358 g/mol. The highest BCUT2D eigenvalue weighted by molar-refractivity contribution is 6.30. The molecule has 0 N–H and O–H groups in total. The molecule has 0 aromatic heterocycles. The number of hydrogen-bond donors (Lipinski definition) is 0. The van der Waals surface area contributed by atoms with Gasteiger partial charge in [-0.2, -0.15) is 0 Å². The van der Waals surface area contributed by atoms with Gasteiger partial charge in [-0.15, -0.1) is 0 Å². The number of nitrogens with zero attached hydrogens (tertiary/aromatic N) is 2. The van der Waals surface area contributed by atoms with Crippen molar-refractivity contribution < 1.29 is 4.39 Å². The second-order valence-corrected chi connectivity index (χ2v) is 7.95. The highest BCUT2D eigenvalue weighted by Crippen LogP contribution is 2.42. The first-order valence-corrected chi connectivity index (χ1v) is 9.35. The first-order chi connectivity index (χ1) is 12.0. The molecule has 0 amide bonds. The van der Waals surface area contributed by atoms with E-state index in [4.69, 9.17) is 11.6 Å². The van der Waals surface area contributed by atoms with Crippen LogP contribution in [0.2, 0.25) is 5.02 Å². The predicted molar refractivity (Wildman–Crippen MR) is 101 cm³/mol. The van der Waals surface area contributed by atoms with E-state index >= 15 is 0 Å². The lowest BCUT2D eigenvalue weighted by Crippen LogP contribution is -2.35. The molecule has 2 aromatic rings. The Kier molecular flexibility index (Phi) is 4.57. The van der Waals surface area contributed by atoms with Crippen LogP contribution in [0.3, 0.4) is 0 Å². The average molecular weight is 359 g/mol. The summed E-state index contributed by atoms with van der Waals surface area (Å²) in [6.45, 7) is 1.93. The molecule has 1 aliphatic heterocycles. The van der Waals surface area contributed by atoms with Crippen LogP contribution in [0.5, 0.6) is 0 Å². The molecule has 2 nitrogen and oxygen atoms in total. The van der Waals surface area contributed by atoms with Gasteiger partial charge >= 0.3 is 0 Å². The standard InChI is InChI=1S/C21H24ClFN2/c1-24(2)20-13-25(12-17(20)14-6-9-16(22)10-7-14)19-11-8-15-4-3-5-18(23)21(15)19/h3-7,9-10,17,19-20H,8,11-13H2,1-2H3. The van der Waals surface area contributed by atoms with Crippen LogP contribution < -0.4 is 0 Å². The molecule has 1 aliphatic carbocycles. The maximum atomic E-state index is 14.5. The van der Waals surface area contributed by atoms with Gasteiger partial charge in [0, 0.05) is 41.7 Å². The first-order valence-electron chi connectivity index (χ1n) is 8.98. The zero-order valence-corrected chi connectivity index (χ0v) is 15.5. The summed E-state index contributed by atoms with van der Waals surface area (Å²) in [5, 5.41) is 0.770. The molecule has 4 rings (SSSR count). The van der Waals surface area contributed by atoms with Gasteiger partial charge < -0.3 is 4.90 Å². The van der Waals surface area contributed by atoms with Crippen LogP contribution in [0.4, 0.5) is 4.39 Å². The Morgan fingerprint density at radius 1 is 1.08 bits per heavy atom. The van der Waals surface area contributed by atoms with Gasteiger partial charge in [0.05, 0.1) is 0 Å². The number of rotatable bonds is 3. The van der Waals surface area contributed by atoms with E-state index < -0.39 is 0 Å². The van der Waals surface area contributed by atoms with Crippen molar-refractivity contribution in [1.82, 2.24) is 9.80 Å². The normalized spacial score (nSPS) is 26.4. The van der Waals surface area contributed by atoms with E-state index in [9.17, 15) is 4.39 Å². The molecule has 1 heterocycles. The SMILES string of the molecule is CN(C)C1CN(C2CCc3cccc(F)c32)CC1c1ccc(Cl)cc1. The van der Waals surface area contributed by atoms with Crippen molar-refractivity contribution >= 4 is 11.6 Å². The van der Waals surface area contributed by atoms with E-state index in [1.54, 1.807) is 6.07 Å². The second-order valence-electron chi connectivity index (χ2n) is 7.51. The van der Waals surface area contributed by atoms with Crippen LogP contribution in [0.25, 0.3) is 0 Å². The van der Waals surface area contributed by atoms with Crippen LogP contribution in [-0.4, -0.2) is 43.0 Å². The minimum Gasteiger partial charge on any atom is -0.305 e. The minimum atomic E-state index is -0.0451. The van der Waals surface area contributed by atoms with Crippen molar-refractivity contribution in [2.75, 3.05) is 27.2 Å². The first kappa shape index (κ1) is 17.0. The summed E-state index contributed by atoms with van der Waals surface area (Å²) in [6.07, 6.45) is 2.00. The third kappa shape index (κ3) is 3.10. The molecule has 4 heteroatoms. The zero-order chi connectivity index (χ0) is 17.6. The molecule has 1 fully saturated rings. The molecule has 25 heavy (non-hydrogen) atoms. The van der Waals surface area contributed by atoms with Gasteiger partial charge in [0.1, 0.15) is 5.82 Å². The van der Waals surface area contributed by atoms with Crippen LogP contribution in [0.1, 0.15) is 35.1 Å². The Labute approximate surface area is 154 Å². The Balaban J connectivity index is 1.63. The summed E-state index contributed by atoms with van der Waals surface area (Å²) >= 11 is 6.06. The fraction of sp³-hybridized carbons (Fsp3) is 0.429. The molecule has 2 aliphatic rings. The summed E-state index contributed by atoms with van der Waals surface area (Å²) in [5.74, 6) is 0.374. The number of likely N-dealkylation sites (N-methyl/N-ethyl adjacent to an activating group) is 1. The maximum absolute atomic E-state index is 14.5. The molecule has 3 unspecified atom stereocenters. The molecule has 0 radical (unpaired) electrons. The third-order valence-corrected chi connectivity index (χ3v) is 6.13. The van der Waals surface area contributed by atoms with Crippen LogP contribution >= 0.6 is 11.6 Å². The van der Waals surface area contributed by atoms with Gasteiger partial charge in [-0.3, -0.25) is 4.90 Å². The van der Waals surface area contributed by atoms with Crippen molar-refractivity contribution in [3.05, 3.63) is 70.0 Å². The van der Waals surface area contributed by atoms with Crippen molar-refractivity contribution in [2.45, 2.75) is 30.8 Å². The molecule has 1 saturated heterocycles. The molecule has 0 saturated carbocycles. The molecule has 0 spiro atoms. The molecular formula is C21H24ClFN2. The van der Waals surface area contributed by atoms with Gasteiger partial charge in [-0.05, 0) is 56.3 Å².